The van der Waals surface area contributed by atoms with Crippen LogP contribution in [0.4, 0.5) is 0 Å². The van der Waals surface area contributed by atoms with Crippen LogP contribution in [0, 0.1) is 12.3 Å². The lowest BCUT2D eigenvalue weighted by molar-refractivity contribution is 0.171. The van der Waals surface area contributed by atoms with Gasteiger partial charge in [-0.05, 0) is 6.42 Å². The molecule has 4 nitrogen and oxygen atoms in total. The first-order valence-electron chi connectivity index (χ1n) is 4.71. The van der Waals surface area contributed by atoms with Crippen LogP contribution in [-0.2, 0) is 0 Å². The van der Waals surface area contributed by atoms with Crippen LogP contribution in [0.15, 0.2) is 24.8 Å². The number of hydrogen-bond donors (Lipinski definition) is 1. The van der Waals surface area contributed by atoms with Crippen molar-refractivity contribution in [2.24, 2.45) is 0 Å². The molecular weight excluding hydrogens is 190 g/mol. The Hall–Kier alpha value is -1.86. The van der Waals surface area contributed by atoms with Crippen LogP contribution < -0.4 is 0 Å². The van der Waals surface area contributed by atoms with Gasteiger partial charge in [-0.25, -0.2) is 4.52 Å². The molecule has 1 atom stereocenters. The molecule has 2 aromatic heterocycles. The van der Waals surface area contributed by atoms with Gasteiger partial charge in [-0.1, -0.05) is 0 Å². The van der Waals surface area contributed by atoms with Gasteiger partial charge in [-0.3, -0.25) is 4.98 Å². The third kappa shape index (κ3) is 1.83. The molecule has 4 heteroatoms. The number of aliphatic hydroxyl groups is 1. The summed E-state index contributed by atoms with van der Waals surface area (Å²) in [6.07, 6.45) is 12.4. The van der Waals surface area contributed by atoms with Crippen molar-refractivity contribution in [1.82, 2.24) is 14.6 Å². The average Bonchev–Trinajstić information content (AvgIpc) is 2.69. The highest BCUT2D eigenvalue weighted by Crippen LogP contribution is 2.21. The van der Waals surface area contributed by atoms with Crippen molar-refractivity contribution in [1.29, 1.82) is 0 Å². The predicted molar refractivity (Wildman–Crippen MR) is 56.0 cm³/mol. The van der Waals surface area contributed by atoms with Crippen LogP contribution in [0.25, 0.3) is 5.52 Å². The van der Waals surface area contributed by atoms with Gasteiger partial charge in [0.25, 0.3) is 0 Å². The van der Waals surface area contributed by atoms with Crippen LogP contribution >= 0.6 is 0 Å². The molecular formula is C11H11N3O. The van der Waals surface area contributed by atoms with E-state index in [4.69, 9.17) is 6.42 Å². The molecule has 0 saturated heterocycles. The largest absolute Gasteiger partial charge is 0.388 e. The zero-order valence-electron chi connectivity index (χ0n) is 8.17. The summed E-state index contributed by atoms with van der Waals surface area (Å²) < 4.78 is 1.68. The number of rotatable bonds is 3. The molecule has 2 rings (SSSR count). The SMILES string of the molecule is C#CCCC(O)c1cnn2ccncc12. The molecule has 1 unspecified atom stereocenters. The Morgan fingerprint density at radius 2 is 2.40 bits per heavy atom. The zero-order valence-corrected chi connectivity index (χ0v) is 8.17. The standard InChI is InChI=1S/C11H11N3O/c1-2-3-4-11(15)9-7-13-14-6-5-12-8-10(9)14/h1,5-8,11,15H,3-4H2. The fourth-order valence-corrected chi connectivity index (χ4v) is 1.49. The van der Waals surface area contributed by atoms with Gasteiger partial charge >= 0.3 is 0 Å². The van der Waals surface area contributed by atoms with Gasteiger partial charge in [-0.15, -0.1) is 12.3 Å². The summed E-state index contributed by atoms with van der Waals surface area (Å²) in [7, 11) is 0. The molecule has 2 heterocycles. The molecule has 15 heavy (non-hydrogen) atoms. The topological polar surface area (TPSA) is 50.4 Å². The molecule has 0 aromatic carbocycles. The fraction of sp³-hybridized carbons (Fsp3) is 0.273. The van der Waals surface area contributed by atoms with Crippen molar-refractivity contribution in [2.45, 2.75) is 18.9 Å². The molecule has 0 aliphatic rings. The maximum Gasteiger partial charge on any atom is 0.0902 e. The molecule has 0 aliphatic heterocycles. The molecule has 0 bridgehead atoms. The zero-order chi connectivity index (χ0) is 10.7. The van der Waals surface area contributed by atoms with E-state index in [9.17, 15) is 5.11 Å². The van der Waals surface area contributed by atoms with Gasteiger partial charge in [0.2, 0.25) is 0 Å². The van der Waals surface area contributed by atoms with Crippen LogP contribution in [0.1, 0.15) is 24.5 Å². The van der Waals surface area contributed by atoms with Gasteiger partial charge in [0.1, 0.15) is 0 Å². The molecule has 0 amide bonds. The Balaban J connectivity index is 2.32. The summed E-state index contributed by atoms with van der Waals surface area (Å²) in [6.45, 7) is 0. The molecule has 0 radical (unpaired) electrons. The predicted octanol–water partition coefficient (Wildman–Crippen LogP) is 1.18. The number of aliphatic hydroxyl groups excluding tert-OH is 1. The molecule has 2 aromatic rings. The van der Waals surface area contributed by atoms with Crippen molar-refractivity contribution >= 4 is 5.52 Å². The maximum absolute atomic E-state index is 9.86. The Morgan fingerprint density at radius 3 is 3.20 bits per heavy atom. The summed E-state index contributed by atoms with van der Waals surface area (Å²) in [5, 5.41) is 14.0. The van der Waals surface area contributed by atoms with Crippen molar-refractivity contribution in [2.75, 3.05) is 0 Å². The van der Waals surface area contributed by atoms with Gasteiger partial charge < -0.3 is 5.11 Å². The Morgan fingerprint density at radius 1 is 1.53 bits per heavy atom. The Kier molecular flexibility index (Phi) is 2.66. The summed E-state index contributed by atoms with van der Waals surface area (Å²) in [6, 6.07) is 0. The third-order valence-corrected chi connectivity index (χ3v) is 2.28. The summed E-state index contributed by atoms with van der Waals surface area (Å²) >= 11 is 0. The first-order chi connectivity index (χ1) is 7.33. The quantitative estimate of drug-likeness (QED) is 0.758. The van der Waals surface area contributed by atoms with Crippen LogP contribution in [0.2, 0.25) is 0 Å². The van der Waals surface area contributed by atoms with Crippen LogP contribution in [0.3, 0.4) is 0 Å². The van der Waals surface area contributed by atoms with Gasteiger partial charge in [-0.2, -0.15) is 5.10 Å². The molecule has 0 spiro atoms. The van der Waals surface area contributed by atoms with E-state index in [1.165, 1.54) is 0 Å². The molecule has 1 N–H and O–H groups in total. The van der Waals surface area contributed by atoms with Crippen molar-refractivity contribution in [3.05, 3.63) is 30.4 Å². The molecule has 0 fully saturated rings. The second-order valence-corrected chi connectivity index (χ2v) is 3.26. The number of fused-ring (bicyclic) bond motifs is 1. The van der Waals surface area contributed by atoms with E-state index in [0.717, 1.165) is 11.1 Å². The fourth-order valence-electron chi connectivity index (χ4n) is 1.49. The third-order valence-electron chi connectivity index (χ3n) is 2.28. The van der Waals surface area contributed by atoms with Crippen LogP contribution in [0.5, 0.6) is 0 Å². The molecule has 0 saturated carbocycles. The van der Waals surface area contributed by atoms with Crippen molar-refractivity contribution in [3.8, 4) is 12.3 Å². The van der Waals surface area contributed by atoms with E-state index >= 15 is 0 Å². The first kappa shape index (κ1) is 9.69. The Bertz CT molecular complexity index is 498. The van der Waals surface area contributed by atoms with Gasteiger partial charge in [0.15, 0.2) is 0 Å². The van der Waals surface area contributed by atoms with Gasteiger partial charge in [0.05, 0.1) is 24.0 Å². The first-order valence-corrected chi connectivity index (χ1v) is 4.71. The summed E-state index contributed by atoms with van der Waals surface area (Å²) in [5.41, 5.74) is 1.60. The monoisotopic (exact) mass is 201 g/mol. The highest BCUT2D eigenvalue weighted by molar-refractivity contribution is 5.52. The summed E-state index contributed by atoms with van der Waals surface area (Å²) in [5.74, 6) is 2.51. The van der Waals surface area contributed by atoms with E-state index in [-0.39, 0.29) is 0 Å². The van der Waals surface area contributed by atoms with Crippen LogP contribution in [-0.4, -0.2) is 19.7 Å². The highest BCUT2D eigenvalue weighted by atomic mass is 16.3. The van der Waals surface area contributed by atoms with E-state index in [1.54, 1.807) is 29.3 Å². The minimum Gasteiger partial charge on any atom is -0.388 e. The van der Waals surface area contributed by atoms with Gasteiger partial charge in [0, 0.05) is 24.4 Å². The van der Waals surface area contributed by atoms with Crippen molar-refractivity contribution in [3.63, 3.8) is 0 Å². The average molecular weight is 201 g/mol. The number of terminal acetylenes is 1. The second kappa shape index (κ2) is 4.11. The van der Waals surface area contributed by atoms with E-state index in [0.29, 0.717) is 12.8 Å². The lowest BCUT2D eigenvalue weighted by atomic mass is 10.1. The lowest BCUT2D eigenvalue weighted by Crippen LogP contribution is -1.96. The number of nitrogens with zero attached hydrogens (tertiary/aromatic N) is 3. The normalized spacial score (nSPS) is 12.5. The highest BCUT2D eigenvalue weighted by Gasteiger charge is 2.12. The van der Waals surface area contributed by atoms with Crippen molar-refractivity contribution < 1.29 is 5.11 Å². The minimum absolute atomic E-state index is 0.548. The number of hydrogen-bond acceptors (Lipinski definition) is 3. The second-order valence-electron chi connectivity index (χ2n) is 3.26. The molecule has 0 aliphatic carbocycles. The summed E-state index contributed by atoms with van der Waals surface area (Å²) in [4.78, 5) is 4.00. The maximum atomic E-state index is 9.86. The smallest absolute Gasteiger partial charge is 0.0902 e. The van der Waals surface area contributed by atoms with E-state index in [1.807, 2.05) is 0 Å². The number of aromatic nitrogens is 3. The molecule has 76 valence electrons. The van der Waals surface area contributed by atoms with E-state index in [2.05, 4.69) is 16.0 Å². The van der Waals surface area contributed by atoms with E-state index < -0.39 is 6.10 Å². The minimum atomic E-state index is -0.567. The Labute approximate surface area is 87.6 Å². The lowest BCUT2D eigenvalue weighted by Gasteiger charge is -2.06.